The van der Waals surface area contributed by atoms with Crippen molar-refractivity contribution in [3.05, 3.63) is 96.3 Å². The van der Waals surface area contributed by atoms with Crippen LogP contribution in [-0.2, 0) is 18.0 Å². The summed E-state index contributed by atoms with van der Waals surface area (Å²) in [5, 5.41) is 3.42. The third kappa shape index (κ3) is 4.62. The minimum atomic E-state index is 0.359. The summed E-state index contributed by atoms with van der Waals surface area (Å²) in [4.78, 5) is 9.60. The van der Waals surface area contributed by atoms with Crippen molar-refractivity contribution >= 4 is 17.1 Å². The number of nitrogens with zero attached hydrogens (tertiary/aromatic N) is 1. The topological polar surface area (TPSA) is 72.2 Å². The Bertz CT molecular complexity index is 865. The maximum Gasteiger partial charge on any atom is 0.102 e. The van der Waals surface area contributed by atoms with E-state index in [0.29, 0.717) is 24.5 Å². The predicted molar refractivity (Wildman–Crippen MR) is 106 cm³/mol. The molecule has 0 aliphatic carbocycles. The van der Waals surface area contributed by atoms with Crippen molar-refractivity contribution in [1.29, 1.82) is 0 Å². The molecule has 4 N–H and O–H groups in total. The summed E-state index contributed by atoms with van der Waals surface area (Å²) in [6, 6.07) is 19.5. The van der Waals surface area contributed by atoms with E-state index in [1.165, 1.54) is 0 Å². The fraction of sp³-hybridized carbons (Fsp3) is 0.0952. The van der Waals surface area contributed by atoms with Gasteiger partial charge in [0.25, 0.3) is 0 Å². The van der Waals surface area contributed by atoms with Gasteiger partial charge in [0.05, 0.1) is 5.70 Å². The molecule has 0 fully saturated rings. The largest absolute Gasteiger partial charge is 0.398 e. The van der Waals surface area contributed by atoms with Crippen LogP contribution in [0, 0.1) is 0 Å². The summed E-state index contributed by atoms with van der Waals surface area (Å²) < 4.78 is 0. The Morgan fingerprint density at radius 3 is 2.54 bits per heavy atom. The average molecular weight is 346 g/mol. The molecule has 0 atom stereocenters. The summed E-state index contributed by atoms with van der Waals surface area (Å²) in [5.41, 5.74) is 14.2. The van der Waals surface area contributed by atoms with Gasteiger partial charge in [0.2, 0.25) is 0 Å². The lowest BCUT2D eigenvalue weighted by molar-refractivity contribution is 0.0652. The quantitative estimate of drug-likeness (QED) is 0.425. The fourth-order valence-corrected chi connectivity index (χ4v) is 2.52. The normalized spacial score (nSPS) is 10.3. The Morgan fingerprint density at radius 2 is 1.73 bits per heavy atom. The second-order valence-electron chi connectivity index (χ2n) is 5.82. The molecule has 5 nitrogen and oxygen atoms in total. The number of benzene rings is 2. The number of nitrogens with one attached hydrogen (secondary N) is 2. The van der Waals surface area contributed by atoms with Crippen LogP contribution in [0.3, 0.4) is 0 Å². The molecule has 0 aliphatic heterocycles. The number of nitrogens with two attached hydrogens (primary N) is 1. The SMILES string of the molecule is C=C(NOCc1ccccc1N)c1ccccc1NCc1ccncc1. The molecule has 2 aromatic carbocycles. The van der Waals surface area contributed by atoms with Crippen LogP contribution < -0.4 is 16.5 Å². The zero-order valence-corrected chi connectivity index (χ0v) is 14.5. The molecule has 0 radical (unpaired) electrons. The fourth-order valence-electron chi connectivity index (χ4n) is 2.52. The highest BCUT2D eigenvalue weighted by Gasteiger charge is 2.06. The third-order valence-electron chi connectivity index (χ3n) is 3.96. The van der Waals surface area contributed by atoms with Gasteiger partial charge in [-0.15, -0.1) is 0 Å². The molecule has 0 aliphatic rings. The molecule has 3 rings (SSSR count). The van der Waals surface area contributed by atoms with Crippen LogP contribution in [0.1, 0.15) is 16.7 Å². The molecule has 0 amide bonds. The van der Waals surface area contributed by atoms with Crippen molar-refractivity contribution < 1.29 is 4.84 Å². The van der Waals surface area contributed by atoms with Crippen molar-refractivity contribution in [2.45, 2.75) is 13.2 Å². The van der Waals surface area contributed by atoms with Crippen LogP contribution >= 0.6 is 0 Å². The minimum absolute atomic E-state index is 0.359. The van der Waals surface area contributed by atoms with Gasteiger partial charge in [-0.3, -0.25) is 15.3 Å². The lowest BCUT2D eigenvalue weighted by atomic mass is 10.1. The number of hydrogen-bond donors (Lipinski definition) is 3. The maximum atomic E-state index is 5.92. The maximum absolute atomic E-state index is 5.92. The van der Waals surface area contributed by atoms with Gasteiger partial charge in [0, 0.05) is 41.4 Å². The minimum Gasteiger partial charge on any atom is -0.398 e. The number of para-hydroxylation sites is 2. The molecule has 132 valence electrons. The van der Waals surface area contributed by atoms with E-state index >= 15 is 0 Å². The summed E-state index contributed by atoms with van der Waals surface area (Å²) in [5.74, 6) is 0. The van der Waals surface area contributed by atoms with Crippen molar-refractivity contribution in [2.75, 3.05) is 11.1 Å². The van der Waals surface area contributed by atoms with Gasteiger partial charge in [-0.2, -0.15) is 0 Å². The molecule has 1 heterocycles. The van der Waals surface area contributed by atoms with Crippen LogP contribution in [0.25, 0.3) is 5.70 Å². The van der Waals surface area contributed by atoms with Crippen LogP contribution in [0.5, 0.6) is 0 Å². The highest BCUT2D eigenvalue weighted by molar-refractivity contribution is 5.73. The van der Waals surface area contributed by atoms with Gasteiger partial charge in [-0.05, 0) is 29.8 Å². The van der Waals surface area contributed by atoms with Gasteiger partial charge in [0.1, 0.15) is 6.61 Å². The Balaban J connectivity index is 1.59. The van der Waals surface area contributed by atoms with E-state index < -0.39 is 0 Å². The van der Waals surface area contributed by atoms with E-state index in [-0.39, 0.29) is 0 Å². The summed E-state index contributed by atoms with van der Waals surface area (Å²) in [6.07, 6.45) is 3.57. The summed E-state index contributed by atoms with van der Waals surface area (Å²) in [7, 11) is 0. The number of anilines is 2. The highest BCUT2D eigenvalue weighted by Crippen LogP contribution is 2.22. The van der Waals surface area contributed by atoms with Crippen molar-refractivity contribution in [3.8, 4) is 0 Å². The van der Waals surface area contributed by atoms with Gasteiger partial charge < -0.3 is 11.1 Å². The van der Waals surface area contributed by atoms with Crippen molar-refractivity contribution in [3.63, 3.8) is 0 Å². The van der Waals surface area contributed by atoms with Gasteiger partial charge in [-0.25, -0.2) is 0 Å². The molecule has 0 spiro atoms. The number of rotatable bonds is 8. The second-order valence-corrected chi connectivity index (χ2v) is 5.82. The Kier molecular flexibility index (Phi) is 5.85. The van der Waals surface area contributed by atoms with E-state index in [9.17, 15) is 0 Å². The molecule has 5 heteroatoms. The lowest BCUT2D eigenvalue weighted by Crippen LogP contribution is -2.14. The molecule has 0 unspecified atom stereocenters. The van der Waals surface area contributed by atoms with Crippen molar-refractivity contribution in [2.24, 2.45) is 0 Å². The molecule has 1 aromatic heterocycles. The standard InChI is InChI=1S/C21H22N4O/c1-16(25-26-15-18-6-2-4-8-20(18)22)19-7-3-5-9-21(19)24-14-17-10-12-23-13-11-17/h2-13,24-25H,1,14-15,22H2. The molecule has 26 heavy (non-hydrogen) atoms. The van der Waals surface area contributed by atoms with Gasteiger partial charge >= 0.3 is 0 Å². The summed E-state index contributed by atoms with van der Waals surface area (Å²) >= 11 is 0. The van der Waals surface area contributed by atoms with Gasteiger partial charge in [0.15, 0.2) is 0 Å². The Labute approximate surface area is 153 Å². The summed E-state index contributed by atoms with van der Waals surface area (Å²) in [6.45, 7) is 5.14. The van der Waals surface area contributed by atoms with Crippen LogP contribution in [0.2, 0.25) is 0 Å². The van der Waals surface area contributed by atoms with E-state index in [1.807, 2.05) is 60.7 Å². The second kappa shape index (κ2) is 8.69. The molecular weight excluding hydrogens is 324 g/mol. The number of hydroxylamine groups is 1. The first-order chi connectivity index (χ1) is 12.7. The lowest BCUT2D eigenvalue weighted by Gasteiger charge is -2.15. The zero-order chi connectivity index (χ0) is 18.2. The first-order valence-corrected chi connectivity index (χ1v) is 8.36. The van der Waals surface area contributed by atoms with Gasteiger partial charge in [-0.1, -0.05) is 43.0 Å². The molecule has 3 aromatic rings. The van der Waals surface area contributed by atoms with Crippen LogP contribution in [0.4, 0.5) is 11.4 Å². The third-order valence-corrected chi connectivity index (χ3v) is 3.96. The van der Waals surface area contributed by atoms with Crippen LogP contribution in [-0.4, -0.2) is 4.98 Å². The number of pyridine rings is 1. The van der Waals surface area contributed by atoms with Crippen molar-refractivity contribution in [1.82, 2.24) is 10.5 Å². The number of hydrogen-bond acceptors (Lipinski definition) is 5. The first kappa shape index (κ1) is 17.5. The smallest absolute Gasteiger partial charge is 0.102 e. The molecule has 0 saturated carbocycles. The molecule has 0 bridgehead atoms. The zero-order valence-electron chi connectivity index (χ0n) is 14.5. The molecule has 0 saturated heterocycles. The number of nitrogen functional groups attached to an aromatic ring is 1. The number of aromatic nitrogens is 1. The monoisotopic (exact) mass is 346 g/mol. The first-order valence-electron chi connectivity index (χ1n) is 8.36. The Morgan fingerprint density at radius 1 is 1.00 bits per heavy atom. The highest BCUT2D eigenvalue weighted by atomic mass is 16.6. The average Bonchev–Trinajstić information content (AvgIpc) is 2.69. The van der Waals surface area contributed by atoms with E-state index in [2.05, 4.69) is 22.4 Å². The van der Waals surface area contributed by atoms with E-state index in [4.69, 9.17) is 10.6 Å². The predicted octanol–water partition coefficient (Wildman–Crippen LogP) is 3.97. The van der Waals surface area contributed by atoms with Crippen LogP contribution in [0.15, 0.2) is 79.6 Å². The Hall–Kier alpha value is -3.31. The molecular formula is C21H22N4O. The van der Waals surface area contributed by atoms with E-state index in [1.54, 1.807) is 12.4 Å². The van der Waals surface area contributed by atoms with E-state index in [0.717, 1.165) is 22.4 Å².